The van der Waals surface area contributed by atoms with E-state index in [4.69, 9.17) is 9.88 Å². The van der Waals surface area contributed by atoms with Crippen LogP contribution in [0.1, 0.15) is 0 Å². The van der Waals surface area contributed by atoms with Gasteiger partial charge in [-0.05, 0) is 24.3 Å². The van der Waals surface area contributed by atoms with E-state index in [0.717, 1.165) is 0 Å². The summed E-state index contributed by atoms with van der Waals surface area (Å²) in [6.07, 6.45) is 2.16. The molecule has 4 atom stereocenters. The molecule has 0 saturated carbocycles. The van der Waals surface area contributed by atoms with Crippen molar-refractivity contribution in [3.63, 3.8) is 0 Å². The molecule has 2 aliphatic rings. The highest BCUT2D eigenvalue weighted by atomic mass is 32.2. The van der Waals surface area contributed by atoms with Gasteiger partial charge in [-0.2, -0.15) is 0 Å². The lowest BCUT2D eigenvalue weighted by atomic mass is 9.82. The molecule has 23 heavy (non-hydrogen) atoms. The first kappa shape index (κ1) is 15.7. The summed E-state index contributed by atoms with van der Waals surface area (Å²) in [5, 5.41) is 16.8. The van der Waals surface area contributed by atoms with E-state index in [9.17, 15) is 23.1 Å². The molecule has 0 aliphatic carbocycles. The van der Waals surface area contributed by atoms with Crippen LogP contribution in [0.5, 0.6) is 0 Å². The predicted octanol–water partition coefficient (Wildman–Crippen LogP) is -0.0733. The molecule has 3 rings (SSSR count). The third-order valence-electron chi connectivity index (χ3n) is 3.94. The van der Waals surface area contributed by atoms with Crippen molar-refractivity contribution in [2.24, 2.45) is 17.0 Å². The van der Waals surface area contributed by atoms with Crippen molar-refractivity contribution in [1.29, 1.82) is 0 Å². The number of hydrogen-bond acceptors (Lipinski definition) is 5. The minimum Gasteiger partial charge on any atom is -0.481 e. The summed E-state index contributed by atoms with van der Waals surface area (Å²) in [5.41, 5.74) is 0.346. The highest BCUT2D eigenvalue weighted by molar-refractivity contribution is 7.89. The van der Waals surface area contributed by atoms with Crippen LogP contribution in [-0.2, 0) is 24.3 Å². The molecule has 1 aromatic carbocycles. The van der Waals surface area contributed by atoms with Crippen LogP contribution in [0, 0.1) is 11.8 Å². The van der Waals surface area contributed by atoms with Crippen LogP contribution in [0.25, 0.3) is 0 Å². The van der Waals surface area contributed by atoms with E-state index in [1.54, 1.807) is 12.2 Å². The van der Waals surface area contributed by atoms with E-state index in [0.29, 0.717) is 5.69 Å². The number of benzene rings is 1. The summed E-state index contributed by atoms with van der Waals surface area (Å²) in [4.78, 5) is 23.6. The first-order chi connectivity index (χ1) is 10.8. The Morgan fingerprint density at radius 1 is 1.09 bits per heavy atom. The molecule has 1 saturated heterocycles. The predicted molar refractivity (Wildman–Crippen MR) is 78.9 cm³/mol. The zero-order valence-corrected chi connectivity index (χ0v) is 12.6. The summed E-state index contributed by atoms with van der Waals surface area (Å²) >= 11 is 0. The molecular formula is C14H14N2O6S. The molecule has 0 unspecified atom stereocenters. The van der Waals surface area contributed by atoms with Gasteiger partial charge in [0.2, 0.25) is 15.9 Å². The van der Waals surface area contributed by atoms with Gasteiger partial charge < -0.3 is 15.2 Å². The number of primary sulfonamides is 1. The maximum atomic E-state index is 12.4. The van der Waals surface area contributed by atoms with Crippen LogP contribution in [0.3, 0.4) is 0 Å². The van der Waals surface area contributed by atoms with Crippen LogP contribution in [0.2, 0.25) is 0 Å². The van der Waals surface area contributed by atoms with Gasteiger partial charge in [-0.1, -0.05) is 12.2 Å². The van der Waals surface area contributed by atoms with Gasteiger partial charge >= 0.3 is 5.97 Å². The number of nitrogens with two attached hydrogens (primary N) is 1. The Balaban J connectivity index is 1.77. The molecule has 8 nitrogen and oxygen atoms in total. The molecule has 0 aromatic heterocycles. The van der Waals surface area contributed by atoms with Crippen LogP contribution >= 0.6 is 0 Å². The lowest BCUT2D eigenvalue weighted by Crippen LogP contribution is -2.39. The van der Waals surface area contributed by atoms with Gasteiger partial charge in [-0.15, -0.1) is 0 Å². The standard InChI is InChI=1S/C14H14N2O6S/c15-23(20,21)8-3-1-7(2-4-8)16-13(17)11-9-5-6-10(22-9)12(11)14(18)19/h1-6,9-12H,(H,16,17)(H,18,19)(H2,15,20,21)/t9-,10-,11+,12+/m1/s1. The van der Waals surface area contributed by atoms with Gasteiger partial charge in [0.25, 0.3) is 0 Å². The lowest BCUT2D eigenvalue weighted by Gasteiger charge is -2.21. The van der Waals surface area contributed by atoms with E-state index in [-0.39, 0.29) is 4.90 Å². The molecular weight excluding hydrogens is 324 g/mol. The highest BCUT2D eigenvalue weighted by Gasteiger charge is 2.53. The maximum absolute atomic E-state index is 12.4. The van der Waals surface area contributed by atoms with E-state index in [1.165, 1.54) is 24.3 Å². The van der Waals surface area contributed by atoms with Crippen molar-refractivity contribution in [2.45, 2.75) is 17.1 Å². The Bertz CT molecular complexity index is 786. The molecule has 1 fully saturated rings. The molecule has 1 amide bonds. The Morgan fingerprint density at radius 3 is 2.17 bits per heavy atom. The van der Waals surface area contributed by atoms with E-state index in [1.807, 2.05) is 0 Å². The monoisotopic (exact) mass is 338 g/mol. The number of nitrogens with one attached hydrogen (secondary N) is 1. The number of ether oxygens (including phenoxy) is 1. The van der Waals surface area contributed by atoms with Gasteiger partial charge in [0, 0.05) is 5.69 Å². The number of sulfonamides is 1. The summed E-state index contributed by atoms with van der Waals surface area (Å²) in [5.74, 6) is -3.35. The third kappa shape index (κ3) is 2.85. The molecule has 2 heterocycles. The fourth-order valence-corrected chi connectivity index (χ4v) is 3.38. The largest absolute Gasteiger partial charge is 0.481 e. The van der Waals surface area contributed by atoms with Crippen molar-refractivity contribution >= 4 is 27.6 Å². The summed E-state index contributed by atoms with van der Waals surface area (Å²) in [6, 6.07) is 5.29. The van der Waals surface area contributed by atoms with E-state index < -0.39 is 45.9 Å². The minimum atomic E-state index is -3.81. The Kier molecular flexibility index (Phi) is 3.71. The Hall–Kier alpha value is -2.23. The van der Waals surface area contributed by atoms with Crippen LogP contribution in [-0.4, -0.2) is 37.6 Å². The number of carbonyl (C=O) groups is 2. The highest BCUT2D eigenvalue weighted by Crippen LogP contribution is 2.39. The first-order valence-corrected chi connectivity index (χ1v) is 8.32. The number of carboxylic acid groups (broad SMARTS) is 1. The number of fused-ring (bicyclic) bond motifs is 2. The molecule has 2 bridgehead atoms. The van der Waals surface area contributed by atoms with Gasteiger partial charge in [-0.3, -0.25) is 9.59 Å². The number of amides is 1. The SMILES string of the molecule is NS(=O)(=O)c1ccc(NC(=O)[C@@H]2[C@@H](C(=O)O)[C@H]3C=C[C@H]2O3)cc1. The number of carboxylic acids is 1. The van der Waals surface area contributed by atoms with E-state index in [2.05, 4.69) is 5.32 Å². The van der Waals surface area contributed by atoms with Gasteiger partial charge in [-0.25, -0.2) is 13.6 Å². The second kappa shape index (κ2) is 5.44. The fourth-order valence-electron chi connectivity index (χ4n) is 2.87. The van der Waals surface area contributed by atoms with Crippen molar-refractivity contribution in [2.75, 3.05) is 5.32 Å². The fraction of sp³-hybridized carbons (Fsp3) is 0.286. The Labute approximate surface area is 132 Å². The molecule has 122 valence electrons. The van der Waals surface area contributed by atoms with E-state index >= 15 is 0 Å². The van der Waals surface area contributed by atoms with Crippen LogP contribution < -0.4 is 10.5 Å². The maximum Gasteiger partial charge on any atom is 0.310 e. The average Bonchev–Trinajstić information content (AvgIpc) is 3.07. The van der Waals surface area contributed by atoms with Crippen LogP contribution in [0.15, 0.2) is 41.3 Å². The summed E-state index contributed by atoms with van der Waals surface area (Å²) < 4.78 is 27.8. The molecule has 4 N–H and O–H groups in total. The normalized spacial score (nSPS) is 28.7. The summed E-state index contributed by atoms with van der Waals surface area (Å²) in [6.45, 7) is 0. The topological polar surface area (TPSA) is 136 Å². The Morgan fingerprint density at radius 2 is 1.65 bits per heavy atom. The van der Waals surface area contributed by atoms with Crippen molar-refractivity contribution in [3.8, 4) is 0 Å². The van der Waals surface area contributed by atoms with Gasteiger partial charge in [0.1, 0.15) is 5.92 Å². The third-order valence-corrected chi connectivity index (χ3v) is 4.87. The van der Waals surface area contributed by atoms with Crippen molar-refractivity contribution < 1.29 is 27.9 Å². The molecule has 2 aliphatic heterocycles. The number of hydrogen-bond donors (Lipinski definition) is 3. The van der Waals surface area contributed by atoms with Crippen LogP contribution in [0.4, 0.5) is 5.69 Å². The summed E-state index contributed by atoms with van der Waals surface area (Å²) in [7, 11) is -3.81. The molecule has 0 spiro atoms. The minimum absolute atomic E-state index is 0.0786. The molecule has 0 radical (unpaired) electrons. The second-order valence-corrected chi connectivity index (χ2v) is 6.96. The zero-order valence-electron chi connectivity index (χ0n) is 11.7. The van der Waals surface area contributed by atoms with Crippen molar-refractivity contribution in [1.82, 2.24) is 0 Å². The average molecular weight is 338 g/mol. The number of aliphatic carboxylic acids is 1. The number of rotatable bonds is 4. The number of carbonyl (C=O) groups excluding carboxylic acids is 1. The lowest BCUT2D eigenvalue weighted by molar-refractivity contribution is -0.145. The second-order valence-electron chi connectivity index (χ2n) is 5.40. The van der Waals surface area contributed by atoms with Gasteiger partial charge in [0.05, 0.1) is 23.0 Å². The number of anilines is 1. The molecule has 1 aromatic rings. The zero-order chi connectivity index (χ0) is 16.8. The van der Waals surface area contributed by atoms with Gasteiger partial charge in [0.15, 0.2) is 0 Å². The molecule has 9 heteroatoms. The van der Waals surface area contributed by atoms with Crippen molar-refractivity contribution in [3.05, 3.63) is 36.4 Å². The quantitative estimate of drug-likeness (QED) is 0.657. The first-order valence-electron chi connectivity index (χ1n) is 6.78. The smallest absolute Gasteiger partial charge is 0.310 e.